The van der Waals surface area contributed by atoms with Crippen molar-refractivity contribution in [3.63, 3.8) is 0 Å². The number of hydrogen-bond acceptors (Lipinski definition) is 3. The summed E-state index contributed by atoms with van der Waals surface area (Å²) in [6, 6.07) is 0. The molecule has 0 unspecified atom stereocenters. The number of methoxy groups -OCH3 is 1. The summed E-state index contributed by atoms with van der Waals surface area (Å²) < 4.78 is 10.3. The summed E-state index contributed by atoms with van der Waals surface area (Å²) >= 11 is 0. The number of carboxylic acid groups (broad SMARTS) is 1. The highest BCUT2D eigenvalue weighted by Crippen LogP contribution is 2.12. The topological polar surface area (TPSA) is 59.0 Å². The normalized spacial score (nSPS) is 22.4. The minimum Gasteiger partial charge on any atom is -0.465 e. The second kappa shape index (κ2) is 5.82. The molecule has 1 rings (SSSR count). The zero-order chi connectivity index (χ0) is 10.4. The molecule has 1 saturated heterocycles. The number of hydrogen-bond donors (Lipinski definition) is 1. The van der Waals surface area contributed by atoms with Crippen LogP contribution in [0, 0.1) is 0 Å². The van der Waals surface area contributed by atoms with Gasteiger partial charge in [-0.25, -0.2) is 4.79 Å². The van der Waals surface area contributed by atoms with Gasteiger partial charge in [0.1, 0.15) is 0 Å². The van der Waals surface area contributed by atoms with Crippen molar-refractivity contribution in [3.8, 4) is 0 Å². The Hall–Kier alpha value is -0.810. The summed E-state index contributed by atoms with van der Waals surface area (Å²) in [6.07, 6.45) is 0.998. The molecule has 0 bridgehead atoms. The Kier molecular flexibility index (Phi) is 4.69. The molecule has 0 aromatic rings. The molecule has 1 atom stereocenters. The summed E-state index contributed by atoms with van der Waals surface area (Å²) in [5, 5.41) is 8.77. The van der Waals surface area contributed by atoms with Crippen LogP contribution in [0.5, 0.6) is 0 Å². The maximum Gasteiger partial charge on any atom is 0.407 e. The summed E-state index contributed by atoms with van der Waals surface area (Å²) in [5.74, 6) is 0. The zero-order valence-corrected chi connectivity index (χ0v) is 8.44. The van der Waals surface area contributed by atoms with E-state index in [9.17, 15) is 4.79 Å². The van der Waals surface area contributed by atoms with Crippen LogP contribution in [0.3, 0.4) is 0 Å². The van der Waals surface area contributed by atoms with Crippen LogP contribution in [-0.4, -0.2) is 55.6 Å². The van der Waals surface area contributed by atoms with Gasteiger partial charge in [-0.05, 0) is 12.8 Å². The Labute approximate surface area is 83.6 Å². The summed E-state index contributed by atoms with van der Waals surface area (Å²) in [4.78, 5) is 12.1. The third-order valence-corrected chi connectivity index (χ3v) is 2.29. The molecule has 1 aliphatic heterocycles. The monoisotopic (exact) mass is 203 g/mol. The average molecular weight is 203 g/mol. The number of carbonyl (C=O) groups is 1. The van der Waals surface area contributed by atoms with Crippen LogP contribution in [0.1, 0.15) is 12.8 Å². The van der Waals surface area contributed by atoms with Crippen LogP contribution < -0.4 is 0 Å². The standard InChI is InChI=1S/C9H17NO4/c1-13-5-6-14-8-3-2-4-10(7-8)9(11)12/h8H,2-7H2,1H3,(H,11,12)/t8-/m1/s1. The smallest absolute Gasteiger partial charge is 0.407 e. The molecule has 14 heavy (non-hydrogen) atoms. The predicted molar refractivity (Wildman–Crippen MR) is 50.4 cm³/mol. The Morgan fingerprint density at radius 1 is 1.57 bits per heavy atom. The molecule has 0 aromatic carbocycles. The van der Waals surface area contributed by atoms with Crippen molar-refractivity contribution >= 4 is 6.09 Å². The van der Waals surface area contributed by atoms with Gasteiger partial charge in [-0.3, -0.25) is 0 Å². The molecule has 0 aliphatic carbocycles. The van der Waals surface area contributed by atoms with Crippen molar-refractivity contribution in [1.82, 2.24) is 4.90 Å². The van der Waals surface area contributed by atoms with Crippen molar-refractivity contribution in [3.05, 3.63) is 0 Å². The Morgan fingerprint density at radius 2 is 2.36 bits per heavy atom. The first kappa shape index (κ1) is 11.3. The van der Waals surface area contributed by atoms with Crippen LogP contribution in [0.25, 0.3) is 0 Å². The number of amides is 1. The van der Waals surface area contributed by atoms with Crippen molar-refractivity contribution in [1.29, 1.82) is 0 Å². The van der Waals surface area contributed by atoms with Crippen molar-refractivity contribution in [2.24, 2.45) is 0 Å². The van der Waals surface area contributed by atoms with Gasteiger partial charge in [0.15, 0.2) is 0 Å². The van der Waals surface area contributed by atoms with E-state index in [2.05, 4.69) is 0 Å². The van der Waals surface area contributed by atoms with E-state index in [-0.39, 0.29) is 6.10 Å². The fraction of sp³-hybridized carbons (Fsp3) is 0.889. The quantitative estimate of drug-likeness (QED) is 0.686. The van der Waals surface area contributed by atoms with Gasteiger partial charge in [-0.1, -0.05) is 0 Å². The molecule has 1 N–H and O–H groups in total. The highest BCUT2D eigenvalue weighted by Gasteiger charge is 2.23. The molecule has 1 aliphatic rings. The predicted octanol–water partition coefficient (Wildman–Crippen LogP) is 0.792. The Morgan fingerprint density at radius 3 is 3.00 bits per heavy atom. The summed E-state index contributed by atoms with van der Waals surface area (Å²) in [7, 11) is 1.62. The minimum absolute atomic E-state index is 0.0370. The van der Waals surface area contributed by atoms with E-state index >= 15 is 0 Å². The van der Waals surface area contributed by atoms with Gasteiger partial charge in [-0.15, -0.1) is 0 Å². The minimum atomic E-state index is -0.856. The third kappa shape index (κ3) is 3.51. The molecule has 0 aromatic heterocycles. The SMILES string of the molecule is COCCO[C@@H]1CCCN(C(=O)O)C1. The Balaban J connectivity index is 2.22. The van der Waals surface area contributed by atoms with Gasteiger partial charge in [-0.2, -0.15) is 0 Å². The van der Waals surface area contributed by atoms with Crippen molar-refractivity contribution in [2.75, 3.05) is 33.4 Å². The van der Waals surface area contributed by atoms with Gasteiger partial charge < -0.3 is 19.5 Å². The highest BCUT2D eigenvalue weighted by atomic mass is 16.5. The van der Waals surface area contributed by atoms with E-state index < -0.39 is 6.09 Å². The molecule has 0 radical (unpaired) electrons. The molecule has 5 nitrogen and oxygen atoms in total. The first-order chi connectivity index (χ1) is 6.74. The van der Waals surface area contributed by atoms with Crippen LogP contribution in [-0.2, 0) is 9.47 Å². The van der Waals surface area contributed by atoms with Crippen LogP contribution >= 0.6 is 0 Å². The van der Waals surface area contributed by atoms with E-state index in [1.54, 1.807) is 7.11 Å². The lowest BCUT2D eigenvalue weighted by molar-refractivity contribution is -0.0171. The maximum atomic E-state index is 10.7. The van der Waals surface area contributed by atoms with E-state index in [1.165, 1.54) is 4.90 Å². The zero-order valence-electron chi connectivity index (χ0n) is 8.44. The fourth-order valence-corrected chi connectivity index (χ4v) is 1.55. The lowest BCUT2D eigenvalue weighted by Crippen LogP contribution is -2.42. The molecule has 1 fully saturated rings. The summed E-state index contributed by atoms with van der Waals surface area (Å²) in [5.41, 5.74) is 0. The number of rotatable bonds is 4. The number of piperidine rings is 1. The number of likely N-dealkylation sites (tertiary alicyclic amines) is 1. The van der Waals surface area contributed by atoms with Gasteiger partial charge >= 0.3 is 6.09 Å². The molecule has 0 spiro atoms. The van der Waals surface area contributed by atoms with Gasteiger partial charge in [0, 0.05) is 13.7 Å². The lowest BCUT2D eigenvalue weighted by Gasteiger charge is -2.30. The first-order valence-corrected chi connectivity index (χ1v) is 4.82. The largest absolute Gasteiger partial charge is 0.465 e. The highest BCUT2D eigenvalue weighted by molar-refractivity contribution is 5.65. The second-order valence-electron chi connectivity index (χ2n) is 3.36. The second-order valence-corrected chi connectivity index (χ2v) is 3.36. The van der Waals surface area contributed by atoms with E-state index in [4.69, 9.17) is 14.6 Å². The molecular weight excluding hydrogens is 186 g/mol. The van der Waals surface area contributed by atoms with E-state index in [1.807, 2.05) is 0 Å². The van der Waals surface area contributed by atoms with Gasteiger partial charge in [0.25, 0.3) is 0 Å². The van der Waals surface area contributed by atoms with Gasteiger partial charge in [0.2, 0.25) is 0 Å². The third-order valence-electron chi connectivity index (χ3n) is 2.29. The number of ether oxygens (including phenoxy) is 2. The van der Waals surface area contributed by atoms with Crippen LogP contribution in [0.4, 0.5) is 4.79 Å². The molecule has 0 saturated carbocycles. The molecule has 5 heteroatoms. The van der Waals surface area contributed by atoms with E-state index in [0.717, 1.165) is 12.8 Å². The Bertz CT molecular complexity index is 186. The fourth-order valence-electron chi connectivity index (χ4n) is 1.55. The average Bonchev–Trinajstić information content (AvgIpc) is 2.19. The van der Waals surface area contributed by atoms with Crippen molar-refractivity contribution < 1.29 is 19.4 Å². The first-order valence-electron chi connectivity index (χ1n) is 4.82. The van der Waals surface area contributed by atoms with Crippen molar-refractivity contribution in [2.45, 2.75) is 18.9 Å². The lowest BCUT2D eigenvalue weighted by atomic mass is 10.1. The van der Waals surface area contributed by atoms with Gasteiger partial charge in [0.05, 0.1) is 25.9 Å². The van der Waals surface area contributed by atoms with E-state index in [0.29, 0.717) is 26.3 Å². The number of nitrogens with zero attached hydrogens (tertiary/aromatic N) is 1. The maximum absolute atomic E-state index is 10.7. The molecule has 1 amide bonds. The summed E-state index contributed by atoms with van der Waals surface area (Å²) in [6.45, 7) is 2.21. The van der Waals surface area contributed by atoms with Crippen LogP contribution in [0.2, 0.25) is 0 Å². The molecule has 1 heterocycles. The van der Waals surface area contributed by atoms with Crippen LogP contribution in [0.15, 0.2) is 0 Å². The molecular formula is C9H17NO4. The molecule has 82 valence electrons.